The largest absolute Gasteiger partial charge is 0.488 e. The standard InChI is InChI=1S/C25H21BrClN5O2S/c1-32-24(20-7-3-4-8-21(20)26)30-31-25(32)35-16-23(33)29-28-14-18-6-2-5-9-22(18)34-15-17-10-12-19(27)13-11-17/h2-14H,15-16H2,1H3,(H,29,33). The SMILES string of the molecule is Cn1c(SCC(=O)NN=Cc2ccccc2OCc2ccc(Cl)cc2)nnc1-c1ccccc1Br. The summed E-state index contributed by atoms with van der Waals surface area (Å²) in [5.41, 5.74) is 5.23. The maximum absolute atomic E-state index is 12.3. The topological polar surface area (TPSA) is 81.4 Å². The Kier molecular flexibility index (Phi) is 8.57. The Morgan fingerprint density at radius 2 is 1.86 bits per heavy atom. The zero-order valence-electron chi connectivity index (χ0n) is 18.7. The van der Waals surface area contributed by atoms with E-state index in [0.29, 0.717) is 28.4 Å². The fourth-order valence-electron chi connectivity index (χ4n) is 3.11. The molecule has 10 heteroatoms. The number of ether oxygens (including phenoxy) is 1. The fourth-order valence-corrected chi connectivity index (χ4v) is 4.41. The number of para-hydroxylation sites is 1. The van der Waals surface area contributed by atoms with Gasteiger partial charge in [-0.3, -0.25) is 4.79 Å². The Hall–Kier alpha value is -3.14. The van der Waals surface area contributed by atoms with Gasteiger partial charge in [-0.2, -0.15) is 5.10 Å². The Balaban J connectivity index is 1.31. The molecule has 0 saturated heterocycles. The second-order valence-corrected chi connectivity index (χ2v) is 9.61. The summed E-state index contributed by atoms with van der Waals surface area (Å²) in [6.45, 7) is 0.393. The zero-order valence-corrected chi connectivity index (χ0v) is 21.8. The second-order valence-electron chi connectivity index (χ2n) is 7.38. The molecule has 1 N–H and O–H groups in total. The number of benzene rings is 3. The van der Waals surface area contributed by atoms with Gasteiger partial charge in [0.15, 0.2) is 11.0 Å². The molecule has 1 heterocycles. The normalized spacial score (nSPS) is 11.1. The van der Waals surface area contributed by atoms with Gasteiger partial charge in [-0.1, -0.05) is 81.8 Å². The first-order valence-electron chi connectivity index (χ1n) is 10.6. The van der Waals surface area contributed by atoms with Crippen molar-refractivity contribution in [2.24, 2.45) is 12.1 Å². The van der Waals surface area contributed by atoms with E-state index >= 15 is 0 Å². The highest BCUT2D eigenvalue weighted by atomic mass is 79.9. The van der Waals surface area contributed by atoms with E-state index in [4.69, 9.17) is 16.3 Å². The first-order chi connectivity index (χ1) is 17.0. The van der Waals surface area contributed by atoms with E-state index in [2.05, 4.69) is 36.7 Å². The molecule has 0 saturated carbocycles. The summed E-state index contributed by atoms with van der Waals surface area (Å²) < 4.78 is 8.70. The van der Waals surface area contributed by atoms with E-state index < -0.39 is 0 Å². The molecule has 1 aromatic heterocycles. The lowest BCUT2D eigenvalue weighted by molar-refractivity contribution is -0.118. The first kappa shape index (κ1) is 25.0. The third-order valence-corrected chi connectivity index (χ3v) is 6.87. The van der Waals surface area contributed by atoms with Crippen molar-refractivity contribution >= 4 is 51.4 Å². The van der Waals surface area contributed by atoms with Gasteiger partial charge in [-0.05, 0) is 35.9 Å². The van der Waals surface area contributed by atoms with Crippen LogP contribution >= 0.6 is 39.3 Å². The smallest absolute Gasteiger partial charge is 0.250 e. The number of hydrazone groups is 1. The monoisotopic (exact) mass is 569 g/mol. The van der Waals surface area contributed by atoms with Gasteiger partial charge in [0.2, 0.25) is 0 Å². The minimum Gasteiger partial charge on any atom is -0.488 e. The molecule has 4 rings (SSSR count). The lowest BCUT2D eigenvalue weighted by Crippen LogP contribution is -2.20. The number of thioether (sulfide) groups is 1. The number of nitrogens with zero attached hydrogens (tertiary/aromatic N) is 4. The van der Waals surface area contributed by atoms with Crippen LogP contribution in [0.2, 0.25) is 5.02 Å². The van der Waals surface area contributed by atoms with E-state index in [1.54, 1.807) is 6.21 Å². The van der Waals surface area contributed by atoms with Crippen LogP contribution in [-0.4, -0.2) is 32.6 Å². The van der Waals surface area contributed by atoms with Crippen molar-refractivity contribution in [3.63, 3.8) is 0 Å². The minimum atomic E-state index is -0.253. The van der Waals surface area contributed by atoms with Gasteiger partial charge in [0, 0.05) is 27.7 Å². The molecule has 0 unspecified atom stereocenters. The summed E-state index contributed by atoms with van der Waals surface area (Å²) in [6, 6.07) is 22.7. The molecule has 0 radical (unpaired) electrons. The predicted molar refractivity (Wildman–Crippen MR) is 143 cm³/mol. The number of hydrogen-bond acceptors (Lipinski definition) is 6. The molecule has 0 aliphatic carbocycles. The Bertz CT molecular complexity index is 1340. The Labute approximate surface area is 220 Å². The molecule has 0 fully saturated rings. The minimum absolute atomic E-state index is 0.147. The molecule has 1 amide bonds. The number of halogens is 2. The summed E-state index contributed by atoms with van der Waals surface area (Å²) in [6.07, 6.45) is 1.56. The maximum Gasteiger partial charge on any atom is 0.250 e. The molecule has 0 spiro atoms. The van der Waals surface area contributed by atoms with Crippen LogP contribution in [0.15, 0.2) is 87.5 Å². The van der Waals surface area contributed by atoms with Crippen molar-refractivity contribution in [1.29, 1.82) is 0 Å². The third-order valence-electron chi connectivity index (χ3n) is 4.90. The summed E-state index contributed by atoms with van der Waals surface area (Å²) in [5, 5.41) is 13.9. The zero-order chi connectivity index (χ0) is 24.6. The van der Waals surface area contributed by atoms with Gasteiger partial charge in [0.1, 0.15) is 12.4 Å². The number of aromatic nitrogens is 3. The molecule has 0 bridgehead atoms. The van der Waals surface area contributed by atoms with Crippen LogP contribution in [0.3, 0.4) is 0 Å². The molecule has 3 aromatic carbocycles. The molecular formula is C25H21BrClN5O2S. The molecule has 0 aliphatic rings. The van der Waals surface area contributed by atoms with Gasteiger partial charge in [0.25, 0.3) is 5.91 Å². The van der Waals surface area contributed by atoms with Gasteiger partial charge >= 0.3 is 0 Å². The number of amides is 1. The number of carbonyl (C=O) groups is 1. The van der Waals surface area contributed by atoms with Crippen molar-refractivity contribution in [1.82, 2.24) is 20.2 Å². The average Bonchev–Trinajstić information content (AvgIpc) is 3.23. The van der Waals surface area contributed by atoms with Crippen molar-refractivity contribution in [2.75, 3.05) is 5.75 Å². The van der Waals surface area contributed by atoms with Gasteiger partial charge in [-0.25, -0.2) is 5.43 Å². The molecule has 0 aliphatic heterocycles. The van der Waals surface area contributed by atoms with Crippen molar-refractivity contribution in [3.05, 3.63) is 93.4 Å². The van der Waals surface area contributed by atoms with E-state index in [1.165, 1.54) is 11.8 Å². The van der Waals surface area contributed by atoms with Crippen LogP contribution in [0.1, 0.15) is 11.1 Å². The molecule has 178 valence electrons. The van der Waals surface area contributed by atoms with Gasteiger partial charge < -0.3 is 9.30 Å². The highest BCUT2D eigenvalue weighted by molar-refractivity contribution is 9.10. The van der Waals surface area contributed by atoms with E-state index in [-0.39, 0.29) is 11.7 Å². The number of nitrogens with one attached hydrogen (secondary N) is 1. The maximum atomic E-state index is 12.3. The van der Waals surface area contributed by atoms with E-state index in [0.717, 1.165) is 21.2 Å². The highest BCUT2D eigenvalue weighted by Crippen LogP contribution is 2.28. The predicted octanol–water partition coefficient (Wildman–Crippen LogP) is 5.72. The van der Waals surface area contributed by atoms with Crippen molar-refractivity contribution < 1.29 is 9.53 Å². The van der Waals surface area contributed by atoms with E-state index in [9.17, 15) is 4.79 Å². The van der Waals surface area contributed by atoms with Crippen LogP contribution in [0, 0.1) is 0 Å². The molecule has 0 atom stereocenters. The lowest BCUT2D eigenvalue weighted by Gasteiger charge is -2.09. The Morgan fingerprint density at radius 1 is 1.11 bits per heavy atom. The third kappa shape index (κ3) is 6.72. The molecule has 35 heavy (non-hydrogen) atoms. The van der Waals surface area contributed by atoms with Crippen LogP contribution in [-0.2, 0) is 18.4 Å². The van der Waals surface area contributed by atoms with Crippen LogP contribution in [0.25, 0.3) is 11.4 Å². The van der Waals surface area contributed by atoms with Crippen LogP contribution in [0.5, 0.6) is 5.75 Å². The van der Waals surface area contributed by atoms with Crippen LogP contribution in [0.4, 0.5) is 0 Å². The quantitative estimate of drug-likeness (QED) is 0.158. The van der Waals surface area contributed by atoms with E-state index in [1.807, 2.05) is 84.4 Å². The van der Waals surface area contributed by atoms with Gasteiger partial charge in [0.05, 0.1) is 12.0 Å². The summed E-state index contributed by atoms with van der Waals surface area (Å²) in [5.74, 6) is 1.27. The fraction of sp³-hybridized carbons (Fsp3) is 0.120. The number of hydrogen-bond donors (Lipinski definition) is 1. The average molecular weight is 571 g/mol. The molecular weight excluding hydrogens is 550 g/mol. The second kappa shape index (κ2) is 12.0. The van der Waals surface area contributed by atoms with Crippen LogP contribution < -0.4 is 10.2 Å². The Morgan fingerprint density at radius 3 is 2.66 bits per heavy atom. The number of carbonyl (C=O) groups excluding carboxylic acids is 1. The van der Waals surface area contributed by atoms with Gasteiger partial charge in [-0.15, -0.1) is 10.2 Å². The number of rotatable bonds is 9. The van der Waals surface area contributed by atoms with Crippen molar-refractivity contribution in [3.8, 4) is 17.1 Å². The molecule has 7 nitrogen and oxygen atoms in total. The first-order valence-corrected chi connectivity index (χ1v) is 12.7. The highest BCUT2D eigenvalue weighted by Gasteiger charge is 2.14. The molecule has 4 aromatic rings. The summed E-state index contributed by atoms with van der Waals surface area (Å²) in [4.78, 5) is 12.3. The summed E-state index contributed by atoms with van der Waals surface area (Å²) >= 11 is 10.8. The summed E-state index contributed by atoms with van der Waals surface area (Å²) in [7, 11) is 1.87. The lowest BCUT2D eigenvalue weighted by atomic mass is 10.2. The van der Waals surface area contributed by atoms with Crippen molar-refractivity contribution in [2.45, 2.75) is 11.8 Å².